The number of imidazole rings is 1. The number of carbonyl (C=O) groups excluding carboxylic acids is 1. The van der Waals surface area contributed by atoms with Gasteiger partial charge in [-0.25, -0.2) is 4.98 Å². The lowest BCUT2D eigenvalue weighted by molar-refractivity contribution is -0.0743. The molecule has 2 atom stereocenters. The topological polar surface area (TPSA) is 77.8 Å². The van der Waals surface area contributed by atoms with Crippen LogP contribution in [0.4, 0.5) is 0 Å². The number of fused-ring (bicyclic) bond motifs is 1. The Morgan fingerprint density at radius 2 is 2.42 bits per heavy atom. The second-order valence-electron chi connectivity index (χ2n) is 6.22. The predicted molar refractivity (Wildman–Crippen MR) is 97.3 cm³/mol. The van der Waals surface area contributed by atoms with E-state index in [-0.39, 0.29) is 18.1 Å². The van der Waals surface area contributed by atoms with Gasteiger partial charge in [0.25, 0.3) is 5.91 Å². The molecule has 0 bridgehead atoms. The van der Waals surface area contributed by atoms with E-state index in [1.54, 1.807) is 6.20 Å². The second-order valence-corrected chi connectivity index (χ2v) is 7.09. The van der Waals surface area contributed by atoms with E-state index in [2.05, 4.69) is 15.3 Å². The minimum Gasteiger partial charge on any atom is -0.379 e. The zero-order valence-electron chi connectivity index (χ0n) is 14.4. The fourth-order valence-corrected chi connectivity index (χ4v) is 3.88. The number of thiazole rings is 1. The summed E-state index contributed by atoms with van der Waals surface area (Å²) >= 11 is 1.51. The number of hydrogen-bond donors (Lipinski definition) is 1. The molecule has 0 spiro atoms. The van der Waals surface area contributed by atoms with Gasteiger partial charge in [0, 0.05) is 24.4 Å². The predicted octanol–water partition coefficient (Wildman–Crippen LogP) is 2.20. The lowest BCUT2D eigenvalue weighted by Gasteiger charge is -2.32. The van der Waals surface area contributed by atoms with Crippen molar-refractivity contribution in [3.63, 3.8) is 0 Å². The van der Waals surface area contributed by atoms with Gasteiger partial charge in [0.15, 0.2) is 4.96 Å². The van der Waals surface area contributed by atoms with Crippen LogP contribution < -0.4 is 5.32 Å². The SMILES string of the molecule is Cc1nc2sccn2c1C(=O)N[C@@H]1CCOC[C@H]1OCc1ccccn1. The molecule has 1 N–H and O–H groups in total. The van der Waals surface area contributed by atoms with Crippen LogP contribution in [0.15, 0.2) is 36.0 Å². The first-order chi connectivity index (χ1) is 12.7. The Morgan fingerprint density at radius 3 is 3.27 bits per heavy atom. The molecular weight excluding hydrogens is 352 g/mol. The first kappa shape index (κ1) is 17.1. The Labute approximate surface area is 155 Å². The van der Waals surface area contributed by atoms with Crippen LogP contribution in [0.5, 0.6) is 0 Å². The Morgan fingerprint density at radius 1 is 1.50 bits per heavy atom. The first-order valence-corrected chi connectivity index (χ1v) is 9.42. The molecule has 1 aliphatic rings. The summed E-state index contributed by atoms with van der Waals surface area (Å²) in [5.41, 5.74) is 2.17. The molecule has 136 valence electrons. The number of carbonyl (C=O) groups is 1. The van der Waals surface area contributed by atoms with E-state index >= 15 is 0 Å². The third kappa shape index (κ3) is 3.48. The Kier molecular flexibility index (Phi) is 4.96. The van der Waals surface area contributed by atoms with Crippen LogP contribution in [-0.2, 0) is 16.1 Å². The summed E-state index contributed by atoms with van der Waals surface area (Å²) in [6, 6.07) is 5.61. The standard InChI is InChI=1S/C18H20N4O3S/c1-12-16(22-7-9-26-18(22)20-12)17(23)21-14-5-8-24-11-15(14)25-10-13-4-2-3-6-19-13/h2-4,6-7,9,14-15H,5,8,10-11H2,1H3,(H,21,23)/t14-,15-/m1/s1. The summed E-state index contributed by atoms with van der Waals surface area (Å²) in [5, 5.41) is 5.03. The van der Waals surface area contributed by atoms with Gasteiger partial charge in [0.1, 0.15) is 11.8 Å². The Hall–Kier alpha value is -2.29. The fraction of sp³-hybridized carbons (Fsp3) is 0.389. The molecule has 0 saturated carbocycles. The maximum absolute atomic E-state index is 12.9. The number of aromatic nitrogens is 3. The Bertz CT molecular complexity index is 892. The molecule has 1 saturated heterocycles. The number of nitrogens with one attached hydrogen (secondary N) is 1. The molecular formula is C18H20N4O3S. The summed E-state index contributed by atoms with van der Waals surface area (Å²) in [5.74, 6) is -0.133. The molecule has 7 nitrogen and oxygen atoms in total. The molecule has 1 amide bonds. The number of pyridine rings is 1. The van der Waals surface area contributed by atoms with Gasteiger partial charge in [-0.3, -0.25) is 14.2 Å². The van der Waals surface area contributed by atoms with Gasteiger partial charge in [-0.1, -0.05) is 6.07 Å². The highest BCUT2D eigenvalue weighted by Gasteiger charge is 2.30. The van der Waals surface area contributed by atoms with Gasteiger partial charge in [-0.2, -0.15) is 0 Å². The van der Waals surface area contributed by atoms with E-state index in [9.17, 15) is 4.79 Å². The van der Waals surface area contributed by atoms with Crippen LogP contribution in [0.3, 0.4) is 0 Å². The van der Waals surface area contributed by atoms with Crippen molar-refractivity contribution in [1.82, 2.24) is 19.7 Å². The second kappa shape index (κ2) is 7.53. The zero-order chi connectivity index (χ0) is 17.9. The van der Waals surface area contributed by atoms with E-state index in [1.165, 1.54) is 11.3 Å². The summed E-state index contributed by atoms with van der Waals surface area (Å²) in [6.07, 6.45) is 4.11. The summed E-state index contributed by atoms with van der Waals surface area (Å²) in [4.78, 5) is 22.4. The minimum atomic E-state index is -0.208. The van der Waals surface area contributed by atoms with Crippen molar-refractivity contribution in [2.75, 3.05) is 13.2 Å². The maximum atomic E-state index is 12.9. The maximum Gasteiger partial charge on any atom is 0.270 e. The largest absolute Gasteiger partial charge is 0.379 e. The van der Waals surface area contributed by atoms with Crippen LogP contribution in [0, 0.1) is 6.92 Å². The van der Waals surface area contributed by atoms with Gasteiger partial charge in [0.2, 0.25) is 0 Å². The lowest BCUT2D eigenvalue weighted by Crippen LogP contribution is -2.50. The highest BCUT2D eigenvalue weighted by atomic mass is 32.1. The minimum absolute atomic E-state index is 0.108. The number of nitrogens with zero attached hydrogens (tertiary/aromatic N) is 3. The summed E-state index contributed by atoms with van der Waals surface area (Å²) in [7, 11) is 0. The molecule has 4 heterocycles. The number of hydrogen-bond acceptors (Lipinski definition) is 6. The van der Waals surface area contributed by atoms with Crippen LogP contribution in [0.25, 0.3) is 4.96 Å². The average Bonchev–Trinajstić information content (AvgIpc) is 3.21. The van der Waals surface area contributed by atoms with Crippen molar-refractivity contribution in [2.45, 2.75) is 32.1 Å². The van der Waals surface area contributed by atoms with E-state index in [1.807, 2.05) is 41.1 Å². The highest BCUT2D eigenvalue weighted by Crippen LogP contribution is 2.19. The molecule has 4 rings (SSSR count). The van der Waals surface area contributed by atoms with Gasteiger partial charge < -0.3 is 14.8 Å². The van der Waals surface area contributed by atoms with Crippen molar-refractivity contribution in [3.05, 3.63) is 53.1 Å². The van der Waals surface area contributed by atoms with E-state index in [0.717, 1.165) is 16.3 Å². The fourth-order valence-electron chi connectivity index (χ4n) is 3.12. The molecule has 0 aliphatic carbocycles. The smallest absolute Gasteiger partial charge is 0.270 e. The van der Waals surface area contributed by atoms with Gasteiger partial charge in [0.05, 0.1) is 30.6 Å². The number of amides is 1. The van der Waals surface area contributed by atoms with Crippen LogP contribution >= 0.6 is 11.3 Å². The van der Waals surface area contributed by atoms with Gasteiger partial charge in [-0.05, 0) is 25.5 Å². The molecule has 3 aromatic heterocycles. The summed E-state index contributed by atoms with van der Waals surface area (Å²) in [6.45, 7) is 3.31. The lowest BCUT2D eigenvalue weighted by atomic mass is 10.1. The molecule has 1 fully saturated rings. The van der Waals surface area contributed by atoms with Crippen LogP contribution in [-0.4, -0.2) is 45.6 Å². The molecule has 3 aromatic rings. The molecule has 26 heavy (non-hydrogen) atoms. The zero-order valence-corrected chi connectivity index (χ0v) is 15.2. The monoisotopic (exact) mass is 372 g/mol. The normalized spacial score (nSPS) is 20.3. The highest BCUT2D eigenvalue weighted by molar-refractivity contribution is 7.15. The van der Waals surface area contributed by atoms with Crippen molar-refractivity contribution in [2.24, 2.45) is 0 Å². The van der Waals surface area contributed by atoms with Gasteiger partial charge in [-0.15, -0.1) is 11.3 Å². The third-order valence-corrected chi connectivity index (χ3v) is 5.20. The molecule has 8 heteroatoms. The molecule has 0 unspecified atom stereocenters. The first-order valence-electron chi connectivity index (χ1n) is 8.54. The van der Waals surface area contributed by atoms with E-state index < -0.39 is 0 Å². The number of ether oxygens (including phenoxy) is 2. The van der Waals surface area contributed by atoms with Crippen LogP contribution in [0.2, 0.25) is 0 Å². The number of aryl methyl sites for hydroxylation is 1. The van der Waals surface area contributed by atoms with Gasteiger partial charge >= 0.3 is 0 Å². The van der Waals surface area contributed by atoms with E-state index in [0.29, 0.717) is 31.9 Å². The summed E-state index contributed by atoms with van der Waals surface area (Å²) < 4.78 is 13.4. The molecule has 0 aromatic carbocycles. The quantitative estimate of drug-likeness (QED) is 0.743. The van der Waals surface area contributed by atoms with Crippen molar-refractivity contribution in [1.29, 1.82) is 0 Å². The average molecular weight is 372 g/mol. The molecule has 0 radical (unpaired) electrons. The Balaban J connectivity index is 1.45. The van der Waals surface area contributed by atoms with Crippen molar-refractivity contribution >= 4 is 22.2 Å². The van der Waals surface area contributed by atoms with Crippen LogP contribution in [0.1, 0.15) is 28.3 Å². The number of rotatable bonds is 5. The van der Waals surface area contributed by atoms with E-state index in [4.69, 9.17) is 9.47 Å². The van der Waals surface area contributed by atoms with Crippen molar-refractivity contribution < 1.29 is 14.3 Å². The third-order valence-electron chi connectivity index (χ3n) is 4.44. The molecule has 1 aliphatic heterocycles. The van der Waals surface area contributed by atoms with Crippen molar-refractivity contribution in [3.8, 4) is 0 Å².